The number of benzene rings is 2. The van der Waals surface area contributed by atoms with Crippen LogP contribution in [0.2, 0.25) is 0 Å². The van der Waals surface area contributed by atoms with Gasteiger partial charge in [-0.05, 0) is 36.2 Å². The lowest BCUT2D eigenvalue weighted by molar-refractivity contribution is -0.135. The smallest absolute Gasteiger partial charge is 0.356 e. The van der Waals surface area contributed by atoms with Gasteiger partial charge in [0.2, 0.25) is 0 Å². The van der Waals surface area contributed by atoms with Crippen molar-refractivity contribution in [3.05, 3.63) is 78.8 Å². The third-order valence-corrected chi connectivity index (χ3v) is 5.58. The van der Waals surface area contributed by atoms with Gasteiger partial charge in [0.05, 0.1) is 17.5 Å². The zero-order chi connectivity index (χ0) is 23.5. The van der Waals surface area contributed by atoms with Crippen LogP contribution in [0.25, 0.3) is 22.0 Å². The SMILES string of the molecule is CCOC(=O)C1=NOC(c2nc(N(C)c3ccccn3)c3c(-c4ccccc4)cccc3n2)C1. The Morgan fingerprint density at radius 1 is 1.06 bits per heavy atom. The van der Waals surface area contributed by atoms with E-state index in [2.05, 4.69) is 28.3 Å². The van der Waals surface area contributed by atoms with E-state index >= 15 is 0 Å². The lowest BCUT2D eigenvalue weighted by atomic mass is 10.0. The van der Waals surface area contributed by atoms with Gasteiger partial charge < -0.3 is 14.5 Å². The highest BCUT2D eigenvalue weighted by atomic mass is 16.6. The fraction of sp³-hybridized carbons (Fsp3) is 0.192. The molecule has 2 aromatic carbocycles. The number of ether oxygens (including phenoxy) is 1. The number of fused-ring (bicyclic) bond motifs is 1. The van der Waals surface area contributed by atoms with Crippen molar-refractivity contribution in [3.63, 3.8) is 0 Å². The van der Waals surface area contributed by atoms with Crippen LogP contribution in [0.3, 0.4) is 0 Å². The second-order valence-corrected chi connectivity index (χ2v) is 7.77. The van der Waals surface area contributed by atoms with Crippen LogP contribution in [0.5, 0.6) is 0 Å². The minimum atomic E-state index is -0.583. The predicted molar refractivity (Wildman–Crippen MR) is 130 cm³/mol. The van der Waals surface area contributed by atoms with Crippen molar-refractivity contribution in [2.45, 2.75) is 19.4 Å². The first kappa shape index (κ1) is 21.5. The molecule has 0 radical (unpaired) electrons. The number of hydrogen-bond acceptors (Lipinski definition) is 8. The number of pyridine rings is 1. The Morgan fingerprint density at radius 2 is 1.88 bits per heavy atom. The topological polar surface area (TPSA) is 89.8 Å². The molecule has 1 unspecified atom stereocenters. The van der Waals surface area contributed by atoms with Crippen LogP contribution in [0.15, 0.2) is 78.1 Å². The number of oxime groups is 1. The first-order chi connectivity index (χ1) is 16.7. The molecule has 8 heteroatoms. The van der Waals surface area contributed by atoms with E-state index in [1.54, 1.807) is 13.1 Å². The van der Waals surface area contributed by atoms with Crippen LogP contribution >= 0.6 is 0 Å². The maximum absolute atomic E-state index is 12.1. The van der Waals surface area contributed by atoms with Crippen LogP contribution in [0.1, 0.15) is 25.3 Å². The second-order valence-electron chi connectivity index (χ2n) is 7.77. The number of aromatic nitrogens is 3. The number of esters is 1. The van der Waals surface area contributed by atoms with Crippen LogP contribution < -0.4 is 4.90 Å². The van der Waals surface area contributed by atoms with Gasteiger partial charge in [-0.3, -0.25) is 0 Å². The summed E-state index contributed by atoms with van der Waals surface area (Å²) < 4.78 is 5.06. The summed E-state index contributed by atoms with van der Waals surface area (Å²) in [6.07, 6.45) is 1.41. The molecule has 0 saturated heterocycles. The molecular weight excluding hydrogens is 430 g/mol. The normalized spacial score (nSPS) is 15.0. The number of rotatable bonds is 6. The summed E-state index contributed by atoms with van der Waals surface area (Å²) in [4.78, 5) is 33.8. The first-order valence-corrected chi connectivity index (χ1v) is 11.1. The molecule has 1 aliphatic heterocycles. The number of anilines is 2. The minimum absolute atomic E-state index is 0.230. The minimum Gasteiger partial charge on any atom is -0.461 e. The lowest BCUT2D eigenvalue weighted by Crippen LogP contribution is -2.18. The van der Waals surface area contributed by atoms with E-state index in [1.807, 2.05) is 60.5 Å². The Morgan fingerprint density at radius 3 is 2.65 bits per heavy atom. The zero-order valence-electron chi connectivity index (χ0n) is 18.9. The molecule has 0 saturated carbocycles. The maximum atomic E-state index is 12.1. The van der Waals surface area contributed by atoms with Gasteiger partial charge in [0.1, 0.15) is 11.6 Å². The highest BCUT2D eigenvalue weighted by Crippen LogP contribution is 2.37. The Balaban J connectivity index is 1.64. The molecule has 5 rings (SSSR count). The summed E-state index contributed by atoms with van der Waals surface area (Å²) in [5.74, 6) is 1.39. The van der Waals surface area contributed by atoms with E-state index in [0.29, 0.717) is 11.6 Å². The molecule has 3 heterocycles. The molecule has 8 nitrogen and oxygen atoms in total. The predicted octanol–water partition coefficient (Wildman–Crippen LogP) is 4.84. The third-order valence-electron chi connectivity index (χ3n) is 5.58. The van der Waals surface area contributed by atoms with Crippen LogP contribution in [-0.4, -0.2) is 40.3 Å². The summed E-state index contributed by atoms with van der Waals surface area (Å²) in [7, 11) is 1.92. The van der Waals surface area contributed by atoms with Gasteiger partial charge in [0.25, 0.3) is 0 Å². The van der Waals surface area contributed by atoms with Gasteiger partial charge >= 0.3 is 5.97 Å². The molecular formula is C26H23N5O3. The van der Waals surface area contributed by atoms with E-state index in [4.69, 9.17) is 19.5 Å². The summed E-state index contributed by atoms with van der Waals surface area (Å²) in [6, 6.07) is 21.8. The summed E-state index contributed by atoms with van der Waals surface area (Å²) in [5, 5.41) is 4.82. The molecule has 0 fully saturated rings. The molecule has 2 aromatic heterocycles. The van der Waals surface area contributed by atoms with Crippen LogP contribution in [0.4, 0.5) is 11.6 Å². The highest BCUT2D eigenvalue weighted by Gasteiger charge is 2.31. The molecule has 0 aliphatic carbocycles. The van der Waals surface area contributed by atoms with Gasteiger partial charge in [-0.15, -0.1) is 0 Å². The Bertz CT molecular complexity index is 1360. The maximum Gasteiger partial charge on any atom is 0.356 e. The van der Waals surface area contributed by atoms with E-state index in [9.17, 15) is 4.79 Å². The van der Waals surface area contributed by atoms with Gasteiger partial charge in [0, 0.05) is 19.7 Å². The molecule has 170 valence electrons. The van der Waals surface area contributed by atoms with Crippen molar-refractivity contribution in [1.82, 2.24) is 15.0 Å². The molecule has 1 atom stereocenters. The van der Waals surface area contributed by atoms with Gasteiger partial charge in [0.15, 0.2) is 17.6 Å². The fourth-order valence-electron chi connectivity index (χ4n) is 3.94. The van der Waals surface area contributed by atoms with Crippen molar-refractivity contribution in [2.24, 2.45) is 5.16 Å². The van der Waals surface area contributed by atoms with Crippen molar-refractivity contribution in [3.8, 4) is 11.1 Å². The summed E-state index contributed by atoms with van der Waals surface area (Å²) in [6.45, 7) is 2.03. The van der Waals surface area contributed by atoms with Crippen molar-refractivity contribution < 1.29 is 14.4 Å². The van der Waals surface area contributed by atoms with E-state index < -0.39 is 12.1 Å². The molecule has 34 heavy (non-hydrogen) atoms. The largest absolute Gasteiger partial charge is 0.461 e. The molecule has 0 spiro atoms. The van der Waals surface area contributed by atoms with Crippen LogP contribution in [0, 0.1) is 0 Å². The lowest BCUT2D eigenvalue weighted by Gasteiger charge is -2.22. The number of carbonyl (C=O) groups is 1. The number of hydrogen-bond donors (Lipinski definition) is 0. The van der Waals surface area contributed by atoms with E-state index in [1.165, 1.54) is 0 Å². The average Bonchev–Trinajstić information content (AvgIpc) is 3.39. The van der Waals surface area contributed by atoms with Gasteiger partial charge in [-0.1, -0.05) is 53.7 Å². The standard InChI is InChI=1S/C26H23N5O3/c1-3-33-26(32)20-16-21(34-30-20)24-28-19-13-9-12-18(17-10-5-4-6-11-17)23(19)25(29-24)31(2)22-14-7-8-15-27-22/h4-15,21H,3,16H2,1-2H3. The van der Waals surface area contributed by atoms with E-state index in [-0.39, 0.29) is 18.7 Å². The first-order valence-electron chi connectivity index (χ1n) is 11.1. The van der Waals surface area contributed by atoms with Gasteiger partial charge in [-0.25, -0.2) is 19.7 Å². The Labute approximate surface area is 196 Å². The molecule has 0 bridgehead atoms. The molecule has 0 N–H and O–H groups in total. The van der Waals surface area contributed by atoms with Crippen molar-refractivity contribution in [2.75, 3.05) is 18.6 Å². The fourth-order valence-corrected chi connectivity index (χ4v) is 3.94. The number of carbonyl (C=O) groups excluding carboxylic acids is 1. The third kappa shape index (κ3) is 4.05. The van der Waals surface area contributed by atoms with Crippen molar-refractivity contribution in [1.29, 1.82) is 0 Å². The zero-order valence-corrected chi connectivity index (χ0v) is 18.9. The Hall–Kier alpha value is -4.33. The quantitative estimate of drug-likeness (QED) is 0.386. The highest BCUT2D eigenvalue weighted by molar-refractivity contribution is 6.36. The van der Waals surface area contributed by atoms with Crippen molar-refractivity contribution >= 4 is 34.2 Å². The van der Waals surface area contributed by atoms with E-state index in [0.717, 1.165) is 27.8 Å². The molecule has 0 amide bonds. The molecule has 1 aliphatic rings. The monoisotopic (exact) mass is 453 g/mol. The second kappa shape index (κ2) is 9.27. The van der Waals surface area contributed by atoms with Crippen LogP contribution in [-0.2, 0) is 14.4 Å². The summed E-state index contributed by atoms with van der Waals surface area (Å²) >= 11 is 0. The Kier molecular flexibility index (Phi) is 5.86. The van der Waals surface area contributed by atoms with Gasteiger partial charge in [-0.2, -0.15) is 0 Å². The molecule has 4 aromatic rings. The number of nitrogens with zero attached hydrogens (tertiary/aromatic N) is 5. The summed E-state index contributed by atoms with van der Waals surface area (Å²) in [5.41, 5.74) is 3.06. The average molecular weight is 454 g/mol.